The van der Waals surface area contributed by atoms with Crippen LogP contribution >= 0.6 is 11.8 Å². The molecule has 2 amide bonds. The van der Waals surface area contributed by atoms with Crippen molar-refractivity contribution in [2.45, 2.75) is 18.7 Å². The first-order valence-electron chi connectivity index (χ1n) is 7.57. The topological polar surface area (TPSA) is 58.2 Å². The Bertz CT molecular complexity index is 797. The molecule has 0 aliphatic carbocycles. The van der Waals surface area contributed by atoms with Gasteiger partial charge < -0.3 is 10.6 Å². The van der Waals surface area contributed by atoms with Gasteiger partial charge in [-0.25, -0.2) is 8.78 Å². The maximum atomic E-state index is 13.1. The van der Waals surface area contributed by atoms with E-state index in [9.17, 15) is 18.4 Å². The van der Waals surface area contributed by atoms with Crippen molar-refractivity contribution in [3.05, 3.63) is 59.2 Å². The Balaban J connectivity index is 1.76. The van der Waals surface area contributed by atoms with Gasteiger partial charge in [0.25, 0.3) is 0 Å². The van der Waals surface area contributed by atoms with Crippen LogP contribution in [-0.2, 0) is 9.59 Å². The Hall–Kier alpha value is -2.41. The average molecular weight is 364 g/mol. The number of nitrogens with one attached hydrogen (secondary N) is 2. The van der Waals surface area contributed by atoms with Crippen molar-refractivity contribution >= 4 is 29.3 Å². The van der Waals surface area contributed by atoms with Gasteiger partial charge in [-0.15, -0.1) is 11.8 Å². The summed E-state index contributed by atoms with van der Waals surface area (Å²) in [4.78, 5) is 24.5. The molecule has 0 saturated heterocycles. The van der Waals surface area contributed by atoms with Gasteiger partial charge in [-0.05, 0) is 49.2 Å². The zero-order valence-electron chi connectivity index (χ0n) is 13.9. The number of aryl methyl sites for hydroxylation is 2. The van der Waals surface area contributed by atoms with Gasteiger partial charge in [0, 0.05) is 16.6 Å². The monoisotopic (exact) mass is 364 g/mol. The SMILES string of the molecule is Cc1ccc(SCC(=O)NCC(=O)Nc2ccc(F)c(F)c2)cc1C. The van der Waals surface area contributed by atoms with Gasteiger partial charge in [0.1, 0.15) is 0 Å². The molecule has 2 N–H and O–H groups in total. The quantitative estimate of drug-likeness (QED) is 0.772. The minimum Gasteiger partial charge on any atom is -0.346 e. The van der Waals surface area contributed by atoms with Crippen molar-refractivity contribution in [3.8, 4) is 0 Å². The molecular formula is C18H18F2N2O2S. The molecule has 2 rings (SSSR count). The van der Waals surface area contributed by atoms with Gasteiger partial charge in [0.2, 0.25) is 11.8 Å². The highest BCUT2D eigenvalue weighted by Crippen LogP contribution is 2.20. The summed E-state index contributed by atoms with van der Waals surface area (Å²) in [6, 6.07) is 8.98. The lowest BCUT2D eigenvalue weighted by Gasteiger charge is -2.08. The number of benzene rings is 2. The molecule has 0 unspecified atom stereocenters. The highest BCUT2D eigenvalue weighted by atomic mass is 32.2. The molecule has 0 bridgehead atoms. The van der Waals surface area contributed by atoms with E-state index in [1.807, 2.05) is 32.0 Å². The van der Waals surface area contributed by atoms with Gasteiger partial charge in [-0.1, -0.05) is 6.07 Å². The molecule has 2 aromatic carbocycles. The van der Waals surface area contributed by atoms with Gasteiger partial charge in [-0.2, -0.15) is 0 Å². The number of halogens is 2. The van der Waals surface area contributed by atoms with Gasteiger partial charge in [-0.3, -0.25) is 9.59 Å². The van der Waals surface area contributed by atoms with E-state index < -0.39 is 17.5 Å². The van der Waals surface area contributed by atoms with Crippen LogP contribution in [0, 0.1) is 25.5 Å². The normalized spacial score (nSPS) is 10.4. The smallest absolute Gasteiger partial charge is 0.243 e. The zero-order valence-corrected chi connectivity index (χ0v) is 14.7. The molecule has 0 atom stereocenters. The number of carbonyl (C=O) groups excluding carboxylic acids is 2. The Kier molecular flexibility index (Phi) is 6.52. The van der Waals surface area contributed by atoms with E-state index in [4.69, 9.17) is 0 Å². The third kappa shape index (κ3) is 5.86. The summed E-state index contributed by atoms with van der Waals surface area (Å²) in [5, 5.41) is 4.87. The standard InChI is InChI=1S/C18H18F2N2O2S/c1-11-3-5-14(7-12(11)2)25-10-18(24)21-9-17(23)22-13-4-6-15(19)16(20)8-13/h3-8H,9-10H2,1-2H3,(H,21,24)(H,22,23). The number of thioether (sulfide) groups is 1. The van der Waals surface area contributed by atoms with Crippen molar-refractivity contribution in [3.63, 3.8) is 0 Å². The van der Waals surface area contributed by atoms with Crippen LogP contribution in [0.15, 0.2) is 41.3 Å². The molecule has 0 spiro atoms. The lowest BCUT2D eigenvalue weighted by atomic mass is 10.1. The third-order valence-corrected chi connectivity index (χ3v) is 4.49. The molecule has 0 fully saturated rings. The van der Waals surface area contributed by atoms with E-state index in [2.05, 4.69) is 10.6 Å². The molecule has 0 radical (unpaired) electrons. The summed E-state index contributed by atoms with van der Waals surface area (Å²) in [6.45, 7) is 3.77. The second-order valence-corrected chi connectivity index (χ2v) is 6.54. The molecule has 0 aliphatic rings. The largest absolute Gasteiger partial charge is 0.346 e. The van der Waals surface area contributed by atoms with Crippen molar-refractivity contribution in [2.24, 2.45) is 0 Å². The maximum absolute atomic E-state index is 13.1. The van der Waals surface area contributed by atoms with Crippen LogP contribution in [0.25, 0.3) is 0 Å². The Morgan fingerprint density at radius 1 is 0.960 bits per heavy atom. The number of rotatable bonds is 6. The number of carbonyl (C=O) groups is 2. The molecule has 132 valence electrons. The maximum Gasteiger partial charge on any atom is 0.243 e. The molecule has 0 heterocycles. The molecule has 7 heteroatoms. The van der Waals surface area contributed by atoms with E-state index in [1.165, 1.54) is 23.4 Å². The highest BCUT2D eigenvalue weighted by molar-refractivity contribution is 8.00. The molecule has 0 aromatic heterocycles. The number of amides is 2. The first-order valence-corrected chi connectivity index (χ1v) is 8.55. The molecule has 4 nitrogen and oxygen atoms in total. The minimum atomic E-state index is -1.05. The summed E-state index contributed by atoms with van der Waals surface area (Å²) in [5.41, 5.74) is 2.46. The molecule has 0 aliphatic heterocycles. The molecular weight excluding hydrogens is 346 g/mol. The van der Waals surface area contributed by atoms with Crippen LogP contribution in [0.3, 0.4) is 0 Å². The molecule has 25 heavy (non-hydrogen) atoms. The van der Waals surface area contributed by atoms with Gasteiger partial charge in [0.05, 0.1) is 12.3 Å². The third-order valence-electron chi connectivity index (χ3n) is 3.50. The molecule has 2 aromatic rings. The van der Waals surface area contributed by atoms with Crippen molar-refractivity contribution in [1.29, 1.82) is 0 Å². The highest BCUT2D eigenvalue weighted by Gasteiger charge is 2.09. The van der Waals surface area contributed by atoms with E-state index in [1.54, 1.807) is 0 Å². The average Bonchev–Trinajstić information content (AvgIpc) is 2.57. The first kappa shape index (κ1) is 18.9. The fourth-order valence-electron chi connectivity index (χ4n) is 1.96. The predicted octanol–water partition coefficient (Wildman–Crippen LogP) is 3.43. The van der Waals surface area contributed by atoms with Gasteiger partial charge in [0.15, 0.2) is 11.6 Å². The fraction of sp³-hybridized carbons (Fsp3) is 0.222. The lowest BCUT2D eigenvalue weighted by molar-refractivity contribution is -0.122. The second kappa shape index (κ2) is 8.62. The van der Waals surface area contributed by atoms with Crippen molar-refractivity contribution in [2.75, 3.05) is 17.6 Å². The number of hydrogen-bond acceptors (Lipinski definition) is 3. The van der Waals surface area contributed by atoms with Crippen molar-refractivity contribution < 1.29 is 18.4 Å². The minimum absolute atomic E-state index is 0.127. The summed E-state index contributed by atoms with van der Waals surface area (Å²) < 4.78 is 25.9. The van der Waals surface area contributed by atoms with E-state index in [0.29, 0.717) is 0 Å². The van der Waals surface area contributed by atoms with Crippen molar-refractivity contribution in [1.82, 2.24) is 5.32 Å². The Morgan fingerprint density at radius 3 is 2.40 bits per heavy atom. The Labute approximate surface area is 149 Å². The number of hydrogen-bond donors (Lipinski definition) is 2. The van der Waals surface area contributed by atoms with Crippen LogP contribution in [0.4, 0.5) is 14.5 Å². The van der Waals surface area contributed by atoms with Crippen LogP contribution in [0.2, 0.25) is 0 Å². The van der Waals surface area contributed by atoms with Crippen LogP contribution < -0.4 is 10.6 Å². The van der Waals surface area contributed by atoms with Crippen LogP contribution in [0.5, 0.6) is 0 Å². The summed E-state index contributed by atoms with van der Waals surface area (Å²) in [6.07, 6.45) is 0. The second-order valence-electron chi connectivity index (χ2n) is 5.49. The number of anilines is 1. The van der Waals surface area contributed by atoms with E-state index >= 15 is 0 Å². The van der Waals surface area contributed by atoms with Gasteiger partial charge >= 0.3 is 0 Å². The zero-order chi connectivity index (χ0) is 18.4. The predicted molar refractivity (Wildman–Crippen MR) is 94.6 cm³/mol. The summed E-state index contributed by atoms with van der Waals surface area (Å²) >= 11 is 1.38. The van der Waals surface area contributed by atoms with Crippen LogP contribution in [0.1, 0.15) is 11.1 Å². The summed E-state index contributed by atoms with van der Waals surface area (Å²) in [5.74, 6) is -2.67. The van der Waals surface area contributed by atoms with E-state index in [-0.39, 0.29) is 23.9 Å². The van der Waals surface area contributed by atoms with Crippen LogP contribution in [-0.4, -0.2) is 24.1 Å². The van der Waals surface area contributed by atoms with E-state index in [0.717, 1.165) is 22.6 Å². The Morgan fingerprint density at radius 2 is 1.72 bits per heavy atom. The fourth-order valence-corrected chi connectivity index (χ4v) is 2.79. The summed E-state index contributed by atoms with van der Waals surface area (Å²) in [7, 11) is 0. The molecule has 0 saturated carbocycles. The first-order chi connectivity index (χ1) is 11.8. The lowest BCUT2D eigenvalue weighted by Crippen LogP contribution is -2.33.